The minimum atomic E-state index is -0.831. The van der Waals surface area contributed by atoms with E-state index in [-0.39, 0.29) is 5.56 Å². The fourth-order valence-corrected chi connectivity index (χ4v) is 5.04. The van der Waals surface area contributed by atoms with Crippen LogP contribution in [0, 0.1) is 6.92 Å². The van der Waals surface area contributed by atoms with Gasteiger partial charge in [-0.1, -0.05) is 6.07 Å². The Hall–Kier alpha value is -1.50. The van der Waals surface area contributed by atoms with Crippen molar-refractivity contribution in [2.45, 2.75) is 63.4 Å². The average Bonchev–Trinajstić information content (AvgIpc) is 3.12. The van der Waals surface area contributed by atoms with Crippen LogP contribution in [0.5, 0.6) is 0 Å². The lowest BCUT2D eigenvalue weighted by Gasteiger charge is -2.43. The van der Waals surface area contributed by atoms with Crippen molar-refractivity contribution in [1.82, 2.24) is 14.7 Å². The summed E-state index contributed by atoms with van der Waals surface area (Å²) in [6.45, 7) is 3.15. The van der Waals surface area contributed by atoms with Crippen LogP contribution in [0.25, 0.3) is 0 Å². The number of hydrogen-bond acceptors (Lipinski definition) is 5. The molecule has 2 aromatic heterocycles. The van der Waals surface area contributed by atoms with Crippen LogP contribution in [0.4, 0.5) is 0 Å². The van der Waals surface area contributed by atoms with Crippen LogP contribution in [0.15, 0.2) is 34.4 Å². The summed E-state index contributed by atoms with van der Waals surface area (Å²) < 4.78 is 1.43. The molecule has 24 heavy (non-hydrogen) atoms. The van der Waals surface area contributed by atoms with Gasteiger partial charge in [-0.05, 0) is 50.1 Å². The zero-order chi connectivity index (χ0) is 16.7. The highest BCUT2D eigenvalue weighted by atomic mass is 32.1. The van der Waals surface area contributed by atoms with Gasteiger partial charge >= 0.3 is 0 Å². The van der Waals surface area contributed by atoms with E-state index in [0.29, 0.717) is 18.6 Å². The van der Waals surface area contributed by atoms with E-state index in [1.807, 2.05) is 6.92 Å². The molecule has 2 aliphatic rings. The van der Waals surface area contributed by atoms with Gasteiger partial charge in [0.15, 0.2) is 0 Å². The first-order valence-electron chi connectivity index (χ1n) is 8.58. The van der Waals surface area contributed by atoms with E-state index >= 15 is 0 Å². The number of hydrogen-bond donors (Lipinski definition) is 1. The molecule has 1 unspecified atom stereocenters. The topological polar surface area (TPSA) is 58.4 Å². The maximum Gasteiger partial charge on any atom is 0.266 e. The summed E-state index contributed by atoms with van der Waals surface area (Å²) in [5, 5.41) is 17.6. The highest BCUT2D eigenvalue weighted by molar-refractivity contribution is 7.09. The van der Waals surface area contributed by atoms with Gasteiger partial charge in [0.25, 0.3) is 5.56 Å². The van der Waals surface area contributed by atoms with Crippen molar-refractivity contribution in [2.24, 2.45) is 0 Å². The summed E-state index contributed by atoms with van der Waals surface area (Å²) >= 11 is 1.79. The Morgan fingerprint density at radius 2 is 2.04 bits per heavy atom. The lowest BCUT2D eigenvalue weighted by Crippen LogP contribution is -2.53. The van der Waals surface area contributed by atoms with Crippen LogP contribution in [-0.4, -0.2) is 37.5 Å². The highest BCUT2D eigenvalue weighted by Crippen LogP contribution is 2.42. The second-order valence-corrected chi connectivity index (χ2v) is 8.27. The molecule has 4 heterocycles. The molecule has 0 spiro atoms. The van der Waals surface area contributed by atoms with Crippen molar-refractivity contribution in [3.05, 3.63) is 50.6 Å². The van der Waals surface area contributed by atoms with E-state index in [4.69, 9.17) is 0 Å². The van der Waals surface area contributed by atoms with E-state index in [0.717, 1.165) is 37.9 Å². The maximum absolute atomic E-state index is 12.0. The summed E-state index contributed by atoms with van der Waals surface area (Å²) in [7, 11) is 0. The zero-order valence-electron chi connectivity index (χ0n) is 13.9. The summed E-state index contributed by atoms with van der Waals surface area (Å²) in [6.07, 6.45) is 3.71. The van der Waals surface area contributed by atoms with E-state index in [9.17, 15) is 9.90 Å². The van der Waals surface area contributed by atoms with Crippen LogP contribution in [0.2, 0.25) is 0 Å². The van der Waals surface area contributed by atoms with Crippen LogP contribution < -0.4 is 5.56 Å². The first-order chi connectivity index (χ1) is 11.5. The molecule has 0 amide bonds. The van der Waals surface area contributed by atoms with Gasteiger partial charge in [-0.15, -0.1) is 11.3 Å². The Morgan fingerprint density at radius 3 is 2.71 bits per heavy atom. The molecule has 2 saturated heterocycles. The summed E-state index contributed by atoms with van der Waals surface area (Å²) in [4.78, 5) is 16.0. The van der Waals surface area contributed by atoms with Crippen molar-refractivity contribution in [2.75, 3.05) is 0 Å². The molecule has 2 fully saturated rings. The van der Waals surface area contributed by atoms with E-state index in [1.165, 1.54) is 15.6 Å². The number of piperidine rings is 1. The number of fused-ring (bicyclic) bond motifs is 2. The third-order valence-corrected chi connectivity index (χ3v) is 6.23. The molecular formula is C18H23N3O2S. The van der Waals surface area contributed by atoms with Gasteiger partial charge in [0.2, 0.25) is 0 Å². The Morgan fingerprint density at radius 1 is 1.29 bits per heavy atom. The SMILES string of the molecule is Cc1ccc(=O)n(CC2(O)C[C@H]3CC[C@@H](C2)N3Cc2cccs2)n1. The Balaban J connectivity index is 1.51. The number of thiophene rings is 1. The molecular weight excluding hydrogens is 322 g/mol. The highest BCUT2D eigenvalue weighted by Gasteiger charge is 2.47. The van der Waals surface area contributed by atoms with Crippen molar-refractivity contribution < 1.29 is 5.11 Å². The first-order valence-corrected chi connectivity index (χ1v) is 9.46. The largest absolute Gasteiger partial charge is 0.388 e. The molecule has 5 nitrogen and oxygen atoms in total. The second kappa shape index (κ2) is 6.10. The smallest absolute Gasteiger partial charge is 0.266 e. The molecule has 1 N–H and O–H groups in total. The molecule has 2 bridgehead atoms. The predicted molar refractivity (Wildman–Crippen MR) is 94.1 cm³/mol. The molecule has 0 aromatic carbocycles. The van der Waals surface area contributed by atoms with Gasteiger partial charge in [-0.2, -0.15) is 5.10 Å². The Bertz CT molecular complexity index is 757. The first kappa shape index (κ1) is 16.0. The fourth-order valence-electron chi connectivity index (χ4n) is 4.33. The molecule has 0 radical (unpaired) electrons. The van der Waals surface area contributed by atoms with E-state index in [1.54, 1.807) is 17.4 Å². The van der Waals surface area contributed by atoms with E-state index in [2.05, 4.69) is 27.5 Å². The number of nitrogens with zero attached hydrogens (tertiary/aromatic N) is 3. The maximum atomic E-state index is 12.0. The Labute approximate surface area is 145 Å². The lowest BCUT2D eigenvalue weighted by molar-refractivity contribution is -0.0675. The molecule has 6 heteroatoms. The standard InChI is InChI=1S/C18H23N3O2S/c1-13-4-7-17(22)21(19-13)12-18(23)9-14-5-6-15(10-18)20(14)11-16-3-2-8-24-16/h2-4,7-8,14-15,23H,5-6,9-12H2,1H3/t14-,15+,18?. The minimum Gasteiger partial charge on any atom is -0.388 e. The van der Waals surface area contributed by atoms with Gasteiger partial charge in [0.1, 0.15) is 0 Å². The van der Waals surface area contributed by atoms with Crippen molar-refractivity contribution in [1.29, 1.82) is 0 Å². The summed E-state index contributed by atoms with van der Waals surface area (Å²) in [5.41, 5.74) is -0.165. The monoisotopic (exact) mass is 345 g/mol. The third kappa shape index (κ3) is 3.06. The number of aliphatic hydroxyl groups is 1. The molecule has 4 rings (SSSR count). The van der Waals surface area contributed by atoms with Crippen molar-refractivity contribution in [3.8, 4) is 0 Å². The van der Waals surface area contributed by atoms with Gasteiger partial charge in [-0.25, -0.2) is 4.68 Å². The number of rotatable bonds is 4. The predicted octanol–water partition coefficient (Wildman–Crippen LogP) is 2.17. The van der Waals surface area contributed by atoms with Crippen LogP contribution in [0.1, 0.15) is 36.3 Å². The minimum absolute atomic E-state index is 0.137. The molecule has 2 aromatic rings. The zero-order valence-corrected chi connectivity index (χ0v) is 14.7. The van der Waals surface area contributed by atoms with Crippen molar-refractivity contribution in [3.63, 3.8) is 0 Å². The molecule has 3 atom stereocenters. The van der Waals surface area contributed by atoms with Gasteiger partial charge in [0.05, 0.1) is 17.8 Å². The van der Waals surface area contributed by atoms with E-state index < -0.39 is 5.60 Å². The van der Waals surface area contributed by atoms with Crippen LogP contribution in [-0.2, 0) is 13.1 Å². The van der Waals surface area contributed by atoms with Crippen LogP contribution in [0.3, 0.4) is 0 Å². The summed E-state index contributed by atoms with van der Waals surface area (Å²) in [5.74, 6) is 0. The van der Waals surface area contributed by atoms with Gasteiger partial charge < -0.3 is 5.11 Å². The van der Waals surface area contributed by atoms with Crippen LogP contribution >= 0.6 is 11.3 Å². The summed E-state index contributed by atoms with van der Waals surface area (Å²) in [6, 6.07) is 8.33. The molecule has 0 saturated carbocycles. The average molecular weight is 345 g/mol. The van der Waals surface area contributed by atoms with Gasteiger partial charge in [0, 0.05) is 29.6 Å². The van der Waals surface area contributed by atoms with Gasteiger partial charge in [-0.3, -0.25) is 9.69 Å². The lowest BCUT2D eigenvalue weighted by atomic mass is 9.86. The third-order valence-electron chi connectivity index (χ3n) is 5.36. The second-order valence-electron chi connectivity index (χ2n) is 7.24. The Kier molecular flexibility index (Phi) is 4.06. The normalized spacial score (nSPS) is 29.9. The number of aryl methyl sites for hydroxylation is 1. The molecule has 2 aliphatic heterocycles. The fraction of sp³-hybridized carbons (Fsp3) is 0.556. The quantitative estimate of drug-likeness (QED) is 0.923. The molecule has 0 aliphatic carbocycles. The molecule has 128 valence electrons. The van der Waals surface area contributed by atoms with Crippen molar-refractivity contribution >= 4 is 11.3 Å². The number of aromatic nitrogens is 2.